The first-order valence-electron chi connectivity index (χ1n) is 12.4. The molecule has 0 bridgehead atoms. The van der Waals surface area contributed by atoms with Crippen molar-refractivity contribution in [3.8, 4) is 0 Å². The molecule has 2 heterocycles. The van der Waals surface area contributed by atoms with Gasteiger partial charge in [-0.3, -0.25) is 0 Å². The Morgan fingerprint density at radius 1 is 1.09 bits per heavy atom. The first kappa shape index (κ1) is 23.1. The summed E-state index contributed by atoms with van der Waals surface area (Å²) in [6.45, 7) is 7.20. The molecule has 1 aromatic heterocycles. The van der Waals surface area contributed by atoms with Gasteiger partial charge in [0.1, 0.15) is 0 Å². The topological polar surface area (TPSA) is 80.7 Å². The third-order valence-corrected chi connectivity index (χ3v) is 7.93. The second kappa shape index (κ2) is 10.3. The normalized spacial score (nSPS) is 23.1. The van der Waals surface area contributed by atoms with Crippen LogP contribution in [0.5, 0.6) is 0 Å². The van der Waals surface area contributed by atoms with E-state index in [1.54, 1.807) is 0 Å². The fourth-order valence-electron chi connectivity index (χ4n) is 6.14. The first-order chi connectivity index (χ1) is 15.5. The Labute approximate surface area is 191 Å². The molecule has 1 amide bonds. The second-order valence-electron chi connectivity index (χ2n) is 9.97. The highest BCUT2D eigenvalue weighted by Crippen LogP contribution is 2.37. The van der Waals surface area contributed by atoms with Gasteiger partial charge >= 0.3 is 6.09 Å². The lowest BCUT2D eigenvalue weighted by Gasteiger charge is -2.42. The maximum atomic E-state index is 11.1. The van der Waals surface area contributed by atoms with Crippen molar-refractivity contribution < 1.29 is 14.6 Å². The molecule has 1 saturated heterocycles. The lowest BCUT2D eigenvalue weighted by atomic mass is 9.79. The van der Waals surface area contributed by atoms with E-state index in [1.807, 2.05) is 6.07 Å². The van der Waals surface area contributed by atoms with Gasteiger partial charge in [0.2, 0.25) is 0 Å². The molecule has 6 nitrogen and oxygen atoms in total. The monoisotopic (exact) mass is 441 g/mol. The largest absolute Gasteiger partial charge is 0.449 e. The minimum atomic E-state index is -0.751. The fourth-order valence-corrected chi connectivity index (χ4v) is 6.14. The number of nitrogens with zero attached hydrogens (tertiary/aromatic N) is 2. The Balaban J connectivity index is 1.49. The molecule has 4 rings (SSSR count). The van der Waals surface area contributed by atoms with Crippen molar-refractivity contribution in [2.24, 2.45) is 17.6 Å². The van der Waals surface area contributed by atoms with Gasteiger partial charge < -0.3 is 25.0 Å². The van der Waals surface area contributed by atoms with Gasteiger partial charge in [-0.2, -0.15) is 0 Å². The number of amides is 1. The van der Waals surface area contributed by atoms with E-state index in [4.69, 9.17) is 10.5 Å². The molecule has 2 aromatic rings. The predicted molar refractivity (Wildman–Crippen MR) is 128 cm³/mol. The first-order valence-corrected chi connectivity index (χ1v) is 12.4. The SMILES string of the molecule is CC(C)C1CCC(N2CCC(n3c(CCOC(N)=O)c(CO)c4ccccc43)CC2)CC1. The average molecular weight is 442 g/mol. The highest BCUT2D eigenvalue weighted by molar-refractivity contribution is 5.85. The van der Waals surface area contributed by atoms with Gasteiger partial charge in [-0.15, -0.1) is 0 Å². The molecule has 6 heteroatoms. The summed E-state index contributed by atoms with van der Waals surface area (Å²) in [5.41, 5.74) is 8.36. The van der Waals surface area contributed by atoms with Crippen LogP contribution in [0.2, 0.25) is 0 Å². The molecule has 2 fully saturated rings. The van der Waals surface area contributed by atoms with Crippen LogP contribution in [0.25, 0.3) is 10.9 Å². The number of nitrogens with two attached hydrogens (primary N) is 1. The van der Waals surface area contributed by atoms with E-state index in [2.05, 4.69) is 41.5 Å². The predicted octanol–water partition coefficient (Wildman–Crippen LogP) is 4.62. The zero-order chi connectivity index (χ0) is 22.7. The summed E-state index contributed by atoms with van der Waals surface area (Å²) in [6, 6.07) is 9.44. The third kappa shape index (κ3) is 4.81. The van der Waals surface area contributed by atoms with Crippen LogP contribution in [0.3, 0.4) is 0 Å². The number of ether oxygens (including phenoxy) is 1. The Morgan fingerprint density at radius 3 is 2.41 bits per heavy atom. The number of carbonyl (C=O) groups excluding carboxylic acids is 1. The number of benzene rings is 1. The number of hydrogen-bond acceptors (Lipinski definition) is 4. The average Bonchev–Trinajstić information content (AvgIpc) is 3.12. The Hall–Kier alpha value is -2.05. The van der Waals surface area contributed by atoms with Crippen LogP contribution in [0.1, 0.15) is 69.7 Å². The molecule has 2 aliphatic rings. The number of aliphatic hydroxyl groups excluding tert-OH is 1. The summed E-state index contributed by atoms with van der Waals surface area (Å²) in [4.78, 5) is 13.8. The Kier molecular flexibility index (Phi) is 7.41. The van der Waals surface area contributed by atoms with Crippen LogP contribution in [-0.2, 0) is 17.8 Å². The van der Waals surface area contributed by atoms with Crippen LogP contribution in [-0.4, -0.2) is 46.4 Å². The Morgan fingerprint density at radius 2 is 1.78 bits per heavy atom. The highest BCUT2D eigenvalue weighted by atomic mass is 16.5. The highest BCUT2D eigenvalue weighted by Gasteiger charge is 2.31. The maximum absolute atomic E-state index is 11.1. The number of aromatic nitrogens is 1. The van der Waals surface area contributed by atoms with Crippen LogP contribution in [0, 0.1) is 11.8 Å². The number of likely N-dealkylation sites (tertiary alicyclic amines) is 1. The molecular formula is C26H39N3O3. The lowest BCUT2D eigenvalue weighted by Crippen LogP contribution is -2.44. The lowest BCUT2D eigenvalue weighted by molar-refractivity contribution is 0.0886. The summed E-state index contributed by atoms with van der Waals surface area (Å²) >= 11 is 0. The molecule has 0 spiro atoms. The van der Waals surface area contributed by atoms with Gasteiger partial charge in [-0.25, -0.2) is 4.79 Å². The quantitative estimate of drug-likeness (QED) is 0.657. The molecule has 0 atom stereocenters. The molecule has 32 heavy (non-hydrogen) atoms. The second-order valence-corrected chi connectivity index (χ2v) is 9.97. The van der Waals surface area contributed by atoms with Crippen molar-refractivity contribution in [2.45, 2.75) is 77.5 Å². The van der Waals surface area contributed by atoms with Gasteiger partial charge in [-0.05, 0) is 56.4 Å². The molecule has 0 radical (unpaired) electrons. The van der Waals surface area contributed by atoms with Crippen molar-refractivity contribution in [1.82, 2.24) is 9.47 Å². The summed E-state index contributed by atoms with van der Waals surface area (Å²) < 4.78 is 7.46. The number of carbonyl (C=O) groups is 1. The van der Waals surface area contributed by atoms with Crippen LogP contribution in [0.15, 0.2) is 24.3 Å². The number of piperidine rings is 1. The minimum Gasteiger partial charge on any atom is -0.449 e. The molecule has 3 N–H and O–H groups in total. The van der Waals surface area contributed by atoms with Gasteiger partial charge in [0, 0.05) is 53.8 Å². The van der Waals surface area contributed by atoms with Crippen molar-refractivity contribution in [2.75, 3.05) is 19.7 Å². The minimum absolute atomic E-state index is 0.0165. The summed E-state index contributed by atoms with van der Waals surface area (Å²) in [6.07, 6.45) is 7.44. The van der Waals surface area contributed by atoms with Gasteiger partial charge in [0.15, 0.2) is 0 Å². The van der Waals surface area contributed by atoms with Gasteiger partial charge in [-0.1, -0.05) is 32.0 Å². The molecule has 1 aliphatic carbocycles. The van der Waals surface area contributed by atoms with Crippen LogP contribution < -0.4 is 5.73 Å². The summed E-state index contributed by atoms with van der Waals surface area (Å²) in [7, 11) is 0. The third-order valence-electron chi connectivity index (χ3n) is 7.93. The van der Waals surface area contributed by atoms with E-state index >= 15 is 0 Å². The van der Waals surface area contributed by atoms with Gasteiger partial charge in [0.25, 0.3) is 0 Å². The van der Waals surface area contributed by atoms with E-state index in [1.165, 1.54) is 31.2 Å². The molecule has 1 saturated carbocycles. The standard InChI is InChI=1S/C26H39N3O3/c1-18(2)19-7-9-20(10-8-19)28-14-11-21(12-15-28)29-24-6-4-3-5-22(24)23(17-30)25(29)13-16-32-26(27)31/h3-6,18-21,30H,7-17H2,1-2H3,(H2,27,31). The number of hydrogen-bond donors (Lipinski definition) is 2. The molecule has 176 valence electrons. The van der Waals surface area contributed by atoms with Crippen LogP contribution in [0.4, 0.5) is 4.79 Å². The van der Waals surface area contributed by atoms with Crippen molar-refractivity contribution in [3.63, 3.8) is 0 Å². The Bertz CT molecular complexity index is 906. The van der Waals surface area contributed by atoms with E-state index < -0.39 is 6.09 Å². The number of rotatable bonds is 7. The molecule has 1 aromatic carbocycles. The van der Waals surface area contributed by atoms with Gasteiger partial charge in [0.05, 0.1) is 13.2 Å². The number of para-hydroxylation sites is 1. The van der Waals surface area contributed by atoms with Crippen LogP contribution >= 0.6 is 0 Å². The maximum Gasteiger partial charge on any atom is 0.404 e. The number of fused-ring (bicyclic) bond motifs is 1. The van der Waals surface area contributed by atoms with E-state index in [0.717, 1.165) is 60.5 Å². The zero-order valence-electron chi connectivity index (χ0n) is 19.6. The van der Waals surface area contributed by atoms with Crippen molar-refractivity contribution in [1.29, 1.82) is 0 Å². The van der Waals surface area contributed by atoms with E-state index in [0.29, 0.717) is 12.5 Å². The van der Waals surface area contributed by atoms with E-state index in [9.17, 15) is 9.90 Å². The van der Waals surface area contributed by atoms with Crippen molar-refractivity contribution in [3.05, 3.63) is 35.5 Å². The fraction of sp³-hybridized carbons (Fsp3) is 0.654. The molecule has 0 unspecified atom stereocenters. The summed E-state index contributed by atoms with van der Waals surface area (Å²) in [5.74, 6) is 1.71. The van der Waals surface area contributed by atoms with Crippen molar-refractivity contribution >= 4 is 17.0 Å². The smallest absolute Gasteiger partial charge is 0.404 e. The number of aliphatic hydroxyl groups is 1. The molecular weight excluding hydrogens is 402 g/mol. The van der Waals surface area contributed by atoms with E-state index in [-0.39, 0.29) is 13.2 Å². The molecule has 1 aliphatic heterocycles. The number of primary amides is 1. The zero-order valence-corrected chi connectivity index (χ0v) is 19.6. The summed E-state index contributed by atoms with van der Waals surface area (Å²) in [5, 5.41) is 11.3.